The van der Waals surface area contributed by atoms with Gasteiger partial charge in [0.2, 0.25) is 0 Å². The van der Waals surface area contributed by atoms with Crippen LogP contribution in [0.4, 0.5) is 11.4 Å². The maximum absolute atomic E-state index is 9.39. The van der Waals surface area contributed by atoms with Crippen LogP contribution in [0.5, 0.6) is 0 Å². The van der Waals surface area contributed by atoms with Crippen LogP contribution in [-0.2, 0) is 0 Å². The molecule has 0 aliphatic rings. The van der Waals surface area contributed by atoms with Gasteiger partial charge in [0.25, 0.3) is 0 Å². The Morgan fingerprint density at radius 3 is 1.83 bits per heavy atom. The fourth-order valence-corrected chi connectivity index (χ4v) is 2.81. The molecule has 2 rings (SSSR count). The number of hydrogen-bond acceptors (Lipinski definition) is 4. The average molecular weight is 341 g/mol. The monoisotopic (exact) mass is 340 g/mol. The zero-order valence-electron chi connectivity index (χ0n) is 12.3. The molecule has 0 saturated heterocycles. The predicted molar refractivity (Wildman–Crippen MR) is 89.8 cm³/mol. The highest BCUT2D eigenvalue weighted by Crippen LogP contribution is 2.39. The minimum atomic E-state index is -0.0763. The van der Waals surface area contributed by atoms with Gasteiger partial charge >= 0.3 is 0 Å². The lowest BCUT2D eigenvalue weighted by Gasteiger charge is -2.16. The molecule has 0 aromatic heterocycles. The Hall–Kier alpha value is -2.71. The van der Waals surface area contributed by atoms with Crippen LogP contribution in [0.2, 0.25) is 10.0 Å². The van der Waals surface area contributed by atoms with Gasteiger partial charge in [0, 0.05) is 5.69 Å². The van der Waals surface area contributed by atoms with E-state index in [0.717, 1.165) is 16.8 Å². The number of aryl methyl sites for hydroxylation is 2. The van der Waals surface area contributed by atoms with Crippen molar-refractivity contribution in [2.45, 2.75) is 13.8 Å². The largest absolute Gasteiger partial charge is 0.353 e. The van der Waals surface area contributed by atoms with Crippen LogP contribution in [-0.4, -0.2) is 0 Å². The van der Waals surface area contributed by atoms with Crippen molar-refractivity contribution in [2.75, 3.05) is 5.32 Å². The first-order valence-electron chi connectivity index (χ1n) is 6.54. The third kappa shape index (κ3) is 2.94. The minimum absolute atomic E-state index is 0.0177. The number of nitrogens with zero attached hydrogens (tertiary/aromatic N) is 3. The van der Waals surface area contributed by atoms with Gasteiger partial charge in [-0.3, -0.25) is 0 Å². The molecule has 6 heteroatoms. The standard InChI is InChI=1S/C17H10Cl2N4/c1-9-3-4-14(10(2)5-9)23-17-12(7-21)15(18)11(6-20)16(19)13(17)8-22/h3-5,23H,1-2H3. The maximum atomic E-state index is 9.39. The molecule has 2 aromatic rings. The molecule has 112 valence electrons. The number of nitrogens with one attached hydrogen (secondary N) is 1. The maximum Gasteiger partial charge on any atom is 0.103 e. The summed E-state index contributed by atoms with van der Waals surface area (Å²) in [6.45, 7) is 3.87. The van der Waals surface area contributed by atoms with Crippen molar-refractivity contribution in [3.63, 3.8) is 0 Å². The molecule has 0 bridgehead atoms. The number of nitriles is 3. The molecule has 4 nitrogen and oxygen atoms in total. The summed E-state index contributed by atoms with van der Waals surface area (Å²) in [6, 6.07) is 11.4. The zero-order chi connectivity index (χ0) is 17.1. The van der Waals surface area contributed by atoms with Crippen LogP contribution in [0.1, 0.15) is 27.8 Å². The van der Waals surface area contributed by atoms with E-state index in [4.69, 9.17) is 28.5 Å². The third-order valence-electron chi connectivity index (χ3n) is 3.35. The van der Waals surface area contributed by atoms with Crippen molar-refractivity contribution in [3.05, 3.63) is 56.1 Å². The molecular formula is C17H10Cl2N4. The normalized spacial score (nSPS) is 9.61. The lowest BCUT2D eigenvalue weighted by atomic mass is 10.0. The van der Waals surface area contributed by atoms with Gasteiger partial charge in [-0.15, -0.1) is 0 Å². The molecule has 0 unspecified atom stereocenters. The molecule has 0 atom stereocenters. The van der Waals surface area contributed by atoms with Crippen molar-refractivity contribution in [1.29, 1.82) is 15.8 Å². The predicted octanol–water partition coefficient (Wildman–Crippen LogP) is 4.97. The smallest absolute Gasteiger partial charge is 0.103 e. The highest BCUT2D eigenvalue weighted by Gasteiger charge is 2.22. The Balaban J connectivity index is 2.75. The van der Waals surface area contributed by atoms with Crippen LogP contribution >= 0.6 is 23.2 Å². The first-order valence-corrected chi connectivity index (χ1v) is 7.29. The van der Waals surface area contributed by atoms with Gasteiger partial charge in [-0.1, -0.05) is 40.9 Å². The second-order valence-corrected chi connectivity index (χ2v) is 5.66. The van der Waals surface area contributed by atoms with Crippen LogP contribution < -0.4 is 5.32 Å². The fourth-order valence-electron chi connectivity index (χ4n) is 2.21. The molecule has 1 N–H and O–H groups in total. The van der Waals surface area contributed by atoms with E-state index in [1.165, 1.54) is 0 Å². The Bertz CT molecular complexity index is 887. The van der Waals surface area contributed by atoms with E-state index in [2.05, 4.69) is 5.32 Å². The summed E-state index contributed by atoms with van der Waals surface area (Å²) in [5.41, 5.74) is 2.91. The third-order valence-corrected chi connectivity index (χ3v) is 4.11. The van der Waals surface area contributed by atoms with Gasteiger partial charge in [0.05, 0.1) is 32.4 Å². The fraction of sp³-hybridized carbons (Fsp3) is 0.118. The number of hydrogen-bond donors (Lipinski definition) is 1. The molecule has 0 spiro atoms. The lowest BCUT2D eigenvalue weighted by molar-refractivity contribution is 1.35. The van der Waals surface area contributed by atoms with Crippen LogP contribution in [0, 0.1) is 47.8 Å². The molecule has 0 saturated carbocycles. The van der Waals surface area contributed by atoms with Gasteiger partial charge in [0.15, 0.2) is 0 Å². The summed E-state index contributed by atoms with van der Waals surface area (Å²) in [4.78, 5) is 0. The van der Waals surface area contributed by atoms with E-state index >= 15 is 0 Å². The van der Waals surface area contributed by atoms with E-state index in [1.807, 2.05) is 50.3 Å². The lowest BCUT2D eigenvalue weighted by Crippen LogP contribution is -2.02. The van der Waals surface area contributed by atoms with E-state index in [-0.39, 0.29) is 32.4 Å². The Morgan fingerprint density at radius 2 is 1.39 bits per heavy atom. The number of rotatable bonds is 2. The average Bonchev–Trinajstić information content (AvgIpc) is 2.51. The number of anilines is 2. The number of halogens is 2. The first kappa shape index (κ1) is 16.7. The molecule has 0 fully saturated rings. The summed E-state index contributed by atoms with van der Waals surface area (Å²) in [7, 11) is 0. The van der Waals surface area contributed by atoms with Crippen LogP contribution in [0.3, 0.4) is 0 Å². The number of benzene rings is 2. The molecule has 0 aliphatic carbocycles. The summed E-state index contributed by atoms with van der Waals surface area (Å²) >= 11 is 12.2. The molecule has 23 heavy (non-hydrogen) atoms. The molecule has 2 aromatic carbocycles. The van der Waals surface area contributed by atoms with Crippen LogP contribution in [0.15, 0.2) is 18.2 Å². The highest BCUT2D eigenvalue weighted by atomic mass is 35.5. The van der Waals surface area contributed by atoms with E-state index in [9.17, 15) is 10.5 Å². The van der Waals surface area contributed by atoms with Gasteiger partial charge in [-0.25, -0.2) is 0 Å². The van der Waals surface area contributed by atoms with E-state index in [0.29, 0.717) is 0 Å². The summed E-state index contributed by atoms with van der Waals surface area (Å²) in [5.74, 6) is 0. The molecule has 0 radical (unpaired) electrons. The van der Waals surface area contributed by atoms with Crippen molar-refractivity contribution < 1.29 is 0 Å². The molecule has 0 aliphatic heterocycles. The van der Waals surface area contributed by atoms with Gasteiger partial charge in [-0.05, 0) is 25.5 Å². The molecule has 0 amide bonds. The molecule has 0 heterocycles. The zero-order valence-corrected chi connectivity index (χ0v) is 13.8. The Kier molecular flexibility index (Phi) is 4.77. The topological polar surface area (TPSA) is 83.4 Å². The van der Waals surface area contributed by atoms with Crippen molar-refractivity contribution >= 4 is 34.6 Å². The van der Waals surface area contributed by atoms with E-state index in [1.54, 1.807) is 0 Å². The van der Waals surface area contributed by atoms with Crippen molar-refractivity contribution in [1.82, 2.24) is 0 Å². The van der Waals surface area contributed by atoms with Gasteiger partial charge < -0.3 is 5.32 Å². The Labute approximate surface area is 144 Å². The molecular weight excluding hydrogens is 331 g/mol. The van der Waals surface area contributed by atoms with E-state index < -0.39 is 0 Å². The minimum Gasteiger partial charge on any atom is -0.353 e. The summed E-state index contributed by atoms with van der Waals surface area (Å²) in [5, 5.41) is 30.8. The van der Waals surface area contributed by atoms with Crippen LogP contribution in [0.25, 0.3) is 0 Å². The van der Waals surface area contributed by atoms with Crippen molar-refractivity contribution in [2.24, 2.45) is 0 Å². The second kappa shape index (κ2) is 6.59. The summed E-state index contributed by atoms with van der Waals surface area (Å²) in [6.07, 6.45) is 0. The summed E-state index contributed by atoms with van der Waals surface area (Å²) < 4.78 is 0. The SMILES string of the molecule is Cc1ccc(Nc2c(C#N)c(Cl)c(C#N)c(Cl)c2C#N)c(C)c1. The van der Waals surface area contributed by atoms with Gasteiger partial charge in [-0.2, -0.15) is 15.8 Å². The first-order chi connectivity index (χ1) is 10.9. The quantitative estimate of drug-likeness (QED) is 0.836. The van der Waals surface area contributed by atoms with Gasteiger partial charge in [0.1, 0.15) is 18.2 Å². The highest BCUT2D eigenvalue weighted by molar-refractivity contribution is 6.39. The van der Waals surface area contributed by atoms with Crippen molar-refractivity contribution in [3.8, 4) is 18.2 Å². The Morgan fingerprint density at radius 1 is 0.870 bits per heavy atom. The second-order valence-electron chi connectivity index (χ2n) is 4.91.